The first kappa shape index (κ1) is 25.1. The van der Waals surface area contributed by atoms with Crippen LogP contribution in [0.25, 0.3) is 22.3 Å². The summed E-state index contributed by atoms with van der Waals surface area (Å²) in [4.78, 5) is 13.3. The summed E-state index contributed by atoms with van der Waals surface area (Å²) in [6.07, 6.45) is -0.860. The molecule has 1 aromatic heterocycles. The average Bonchev–Trinajstić information content (AvgIpc) is 2.91. The Bertz CT molecular complexity index is 1560. The van der Waals surface area contributed by atoms with E-state index in [1.54, 1.807) is 30.3 Å². The molecule has 0 saturated carbocycles. The highest BCUT2D eigenvalue weighted by Gasteiger charge is 2.34. The van der Waals surface area contributed by atoms with E-state index >= 15 is 0 Å². The molecular formula is C28H26O10. The lowest BCUT2D eigenvalue weighted by Gasteiger charge is -2.33. The summed E-state index contributed by atoms with van der Waals surface area (Å²) in [5.41, 5.74) is 0.418. The quantitative estimate of drug-likeness (QED) is 0.278. The number of fused-ring (bicyclic) bond motifs is 2. The number of phenols is 3. The van der Waals surface area contributed by atoms with E-state index in [1.807, 2.05) is 6.92 Å². The van der Waals surface area contributed by atoms with Crippen LogP contribution in [0, 0.1) is 0 Å². The number of ether oxygens (including phenoxy) is 4. The third kappa shape index (κ3) is 4.39. The molecule has 2 unspecified atom stereocenters. The fourth-order valence-corrected chi connectivity index (χ4v) is 4.36. The second-order valence-electron chi connectivity index (χ2n) is 8.75. The Morgan fingerprint density at radius 3 is 2.50 bits per heavy atom. The molecule has 0 spiro atoms. The fraction of sp³-hybridized carbons (Fsp3) is 0.250. The number of aliphatic hydroxyl groups excluding tert-OH is 1. The molecule has 0 fully saturated rings. The maximum Gasteiger partial charge on any atom is 0.239 e. The Morgan fingerprint density at radius 2 is 1.76 bits per heavy atom. The van der Waals surface area contributed by atoms with E-state index in [0.717, 1.165) is 6.07 Å². The Hall–Kier alpha value is -4.57. The molecule has 38 heavy (non-hydrogen) atoms. The van der Waals surface area contributed by atoms with Crippen molar-refractivity contribution in [2.24, 2.45) is 0 Å². The molecule has 0 amide bonds. The van der Waals surface area contributed by atoms with Crippen molar-refractivity contribution < 1.29 is 43.8 Å². The van der Waals surface area contributed by atoms with Gasteiger partial charge in [-0.2, -0.15) is 0 Å². The minimum atomic E-state index is -0.745. The normalized spacial score (nSPS) is 16.4. The van der Waals surface area contributed by atoms with Gasteiger partial charge >= 0.3 is 0 Å². The fourth-order valence-electron chi connectivity index (χ4n) is 4.36. The second kappa shape index (κ2) is 10.1. The highest BCUT2D eigenvalue weighted by molar-refractivity contribution is 5.88. The van der Waals surface area contributed by atoms with Crippen LogP contribution < -0.4 is 24.4 Å². The highest BCUT2D eigenvalue weighted by Crippen LogP contribution is 2.44. The summed E-state index contributed by atoms with van der Waals surface area (Å²) in [5, 5.41) is 40.0. The summed E-state index contributed by atoms with van der Waals surface area (Å²) in [6.45, 7) is 1.78. The summed E-state index contributed by atoms with van der Waals surface area (Å²) < 4.78 is 29.2. The van der Waals surface area contributed by atoms with E-state index in [4.69, 9.17) is 23.4 Å². The molecule has 0 radical (unpaired) electrons. The van der Waals surface area contributed by atoms with Crippen molar-refractivity contribution in [2.45, 2.75) is 25.6 Å². The molecular weight excluding hydrogens is 496 g/mol. The van der Waals surface area contributed by atoms with Gasteiger partial charge in [-0.3, -0.25) is 4.79 Å². The van der Waals surface area contributed by atoms with Crippen LogP contribution in [-0.2, 0) is 0 Å². The molecule has 0 saturated heterocycles. The van der Waals surface area contributed by atoms with Gasteiger partial charge in [0.2, 0.25) is 11.2 Å². The average molecular weight is 523 g/mol. The van der Waals surface area contributed by atoms with Crippen LogP contribution in [0.2, 0.25) is 0 Å². The first-order chi connectivity index (χ1) is 18.3. The Labute approximate surface area is 216 Å². The molecule has 198 valence electrons. The Balaban J connectivity index is 1.62. The van der Waals surface area contributed by atoms with E-state index < -0.39 is 23.4 Å². The summed E-state index contributed by atoms with van der Waals surface area (Å²) in [5.74, 6) is 0.173. The van der Waals surface area contributed by atoms with E-state index in [0.29, 0.717) is 29.0 Å². The lowest BCUT2D eigenvalue weighted by molar-refractivity contribution is -0.0123. The molecule has 4 N–H and O–H groups in total. The minimum absolute atomic E-state index is 0.0179. The van der Waals surface area contributed by atoms with Gasteiger partial charge in [-0.05, 0) is 36.8 Å². The standard InChI is InChI=1S/C28H26O10/c1-3-8-35-28-25(33)24-18(32)11-16(30)12-22(24)38-27(28)15-5-7-19-21(10-15)37-26(23(13-29)36-19)14-4-6-17(31)20(9-14)34-2/h4-7,9-12,23,26,29-32H,3,8,13H2,1-2H3. The molecule has 0 aliphatic carbocycles. The van der Waals surface area contributed by atoms with Gasteiger partial charge in [-0.1, -0.05) is 13.0 Å². The zero-order valence-electron chi connectivity index (χ0n) is 20.6. The SMILES string of the molecule is CCCOc1c(-c2ccc3c(c2)OC(c2ccc(O)c(OC)c2)C(CO)O3)oc2cc(O)cc(O)c2c1=O. The maximum absolute atomic E-state index is 13.3. The van der Waals surface area contributed by atoms with Crippen LogP contribution in [-0.4, -0.2) is 46.9 Å². The van der Waals surface area contributed by atoms with Crippen molar-refractivity contribution in [3.63, 3.8) is 0 Å². The molecule has 4 aromatic rings. The van der Waals surface area contributed by atoms with Gasteiger partial charge < -0.3 is 43.8 Å². The Kier molecular flexibility index (Phi) is 6.64. The number of hydrogen-bond acceptors (Lipinski definition) is 10. The second-order valence-corrected chi connectivity index (χ2v) is 8.75. The van der Waals surface area contributed by atoms with Crippen molar-refractivity contribution in [1.29, 1.82) is 0 Å². The minimum Gasteiger partial charge on any atom is -0.508 e. The van der Waals surface area contributed by atoms with Gasteiger partial charge in [0, 0.05) is 23.3 Å². The predicted molar refractivity (Wildman–Crippen MR) is 137 cm³/mol. The van der Waals surface area contributed by atoms with Gasteiger partial charge in [-0.25, -0.2) is 0 Å². The van der Waals surface area contributed by atoms with E-state index in [-0.39, 0.29) is 52.9 Å². The third-order valence-electron chi connectivity index (χ3n) is 6.16. The van der Waals surface area contributed by atoms with Gasteiger partial charge in [0.1, 0.15) is 22.5 Å². The van der Waals surface area contributed by atoms with Crippen molar-refractivity contribution in [2.75, 3.05) is 20.3 Å². The summed E-state index contributed by atoms with van der Waals surface area (Å²) in [6, 6.07) is 11.9. The monoisotopic (exact) mass is 522 g/mol. The molecule has 5 rings (SSSR count). The number of benzene rings is 3. The third-order valence-corrected chi connectivity index (χ3v) is 6.16. The highest BCUT2D eigenvalue weighted by atomic mass is 16.6. The topological polar surface area (TPSA) is 148 Å². The van der Waals surface area contributed by atoms with E-state index in [1.165, 1.54) is 19.2 Å². The molecule has 10 heteroatoms. The zero-order chi connectivity index (χ0) is 27.0. The van der Waals surface area contributed by atoms with Crippen LogP contribution in [0.15, 0.2) is 57.7 Å². The van der Waals surface area contributed by atoms with E-state index in [9.17, 15) is 25.2 Å². The number of rotatable bonds is 7. The van der Waals surface area contributed by atoms with Gasteiger partial charge in [0.05, 0.1) is 20.3 Å². The molecule has 3 aromatic carbocycles. The van der Waals surface area contributed by atoms with Crippen molar-refractivity contribution in [1.82, 2.24) is 0 Å². The number of aliphatic hydroxyl groups is 1. The predicted octanol–water partition coefficient (Wildman–Crippen LogP) is 4.25. The number of hydrogen-bond donors (Lipinski definition) is 4. The van der Waals surface area contributed by atoms with Crippen LogP contribution in [0.3, 0.4) is 0 Å². The molecule has 10 nitrogen and oxygen atoms in total. The van der Waals surface area contributed by atoms with Crippen molar-refractivity contribution >= 4 is 11.0 Å². The zero-order valence-corrected chi connectivity index (χ0v) is 20.6. The van der Waals surface area contributed by atoms with Crippen molar-refractivity contribution in [3.05, 3.63) is 64.3 Å². The molecule has 1 aliphatic heterocycles. The van der Waals surface area contributed by atoms with Gasteiger partial charge in [0.25, 0.3) is 0 Å². The Morgan fingerprint density at radius 1 is 0.947 bits per heavy atom. The number of phenolic OH excluding ortho intramolecular Hbond substituents is 3. The molecule has 0 bridgehead atoms. The lowest BCUT2D eigenvalue weighted by Crippen LogP contribution is -2.36. The lowest BCUT2D eigenvalue weighted by atomic mass is 10.0. The van der Waals surface area contributed by atoms with Gasteiger partial charge in [-0.15, -0.1) is 0 Å². The summed E-state index contributed by atoms with van der Waals surface area (Å²) in [7, 11) is 1.43. The number of methoxy groups -OCH3 is 1. The molecule has 2 atom stereocenters. The summed E-state index contributed by atoms with van der Waals surface area (Å²) >= 11 is 0. The smallest absolute Gasteiger partial charge is 0.239 e. The van der Waals surface area contributed by atoms with Crippen LogP contribution >= 0.6 is 0 Å². The molecule has 2 heterocycles. The van der Waals surface area contributed by atoms with E-state index in [2.05, 4.69) is 0 Å². The van der Waals surface area contributed by atoms with Crippen LogP contribution in [0.4, 0.5) is 0 Å². The largest absolute Gasteiger partial charge is 0.508 e. The van der Waals surface area contributed by atoms with Crippen LogP contribution in [0.5, 0.6) is 40.2 Å². The maximum atomic E-state index is 13.3. The number of aromatic hydroxyl groups is 3. The first-order valence-corrected chi connectivity index (χ1v) is 12.0. The van der Waals surface area contributed by atoms with Crippen LogP contribution in [0.1, 0.15) is 25.0 Å². The molecule has 1 aliphatic rings. The van der Waals surface area contributed by atoms with Crippen molar-refractivity contribution in [3.8, 4) is 51.6 Å². The van der Waals surface area contributed by atoms with Gasteiger partial charge in [0.15, 0.2) is 41.0 Å². The first-order valence-electron chi connectivity index (χ1n) is 12.0.